The number of rotatable bonds is 3. The summed E-state index contributed by atoms with van der Waals surface area (Å²) >= 11 is 0. The van der Waals surface area contributed by atoms with Crippen LogP contribution in [0.15, 0.2) is 0 Å². The highest BCUT2D eigenvalue weighted by atomic mass is 16.5. The van der Waals surface area contributed by atoms with E-state index in [-0.39, 0.29) is 12.0 Å². The van der Waals surface area contributed by atoms with Gasteiger partial charge in [0.05, 0.1) is 20.2 Å². The van der Waals surface area contributed by atoms with Gasteiger partial charge in [0, 0.05) is 13.0 Å². The van der Waals surface area contributed by atoms with E-state index in [1.807, 2.05) is 4.90 Å². The van der Waals surface area contributed by atoms with Crippen LogP contribution in [0.25, 0.3) is 0 Å². The minimum absolute atomic E-state index is 0.245. The Kier molecular flexibility index (Phi) is 3.95. The molecule has 0 N–H and O–H groups in total. The van der Waals surface area contributed by atoms with Crippen molar-refractivity contribution in [3.8, 4) is 0 Å². The lowest BCUT2D eigenvalue weighted by atomic mass is 10.0. The molecule has 7 heteroatoms. The summed E-state index contributed by atoms with van der Waals surface area (Å²) in [6, 6.07) is 0. The molecular formula is C13H21N5O2. The van der Waals surface area contributed by atoms with Gasteiger partial charge in [-0.1, -0.05) is 12.8 Å². The van der Waals surface area contributed by atoms with Gasteiger partial charge < -0.3 is 9.64 Å². The Balaban J connectivity index is 1.58. The second-order valence-corrected chi connectivity index (χ2v) is 5.69. The number of carbonyl (C=O) groups is 1. The lowest BCUT2D eigenvalue weighted by molar-refractivity contribution is -0.140. The van der Waals surface area contributed by atoms with Crippen molar-refractivity contribution in [3.63, 3.8) is 0 Å². The van der Waals surface area contributed by atoms with Crippen LogP contribution in [0.1, 0.15) is 44.0 Å². The molecule has 0 aromatic carbocycles. The number of hydrogen-bond donors (Lipinski definition) is 0. The minimum Gasteiger partial charge on any atom is -0.366 e. The second kappa shape index (κ2) is 5.87. The van der Waals surface area contributed by atoms with Crippen LogP contribution < -0.4 is 0 Å². The summed E-state index contributed by atoms with van der Waals surface area (Å²) in [5, 5.41) is 12.0. The molecule has 1 unspecified atom stereocenters. The van der Waals surface area contributed by atoms with Crippen molar-refractivity contribution >= 4 is 5.91 Å². The molecule has 20 heavy (non-hydrogen) atoms. The van der Waals surface area contributed by atoms with Gasteiger partial charge >= 0.3 is 0 Å². The fraction of sp³-hybridized carbons (Fsp3) is 0.846. The van der Waals surface area contributed by atoms with Crippen molar-refractivity contribution in [1.29, 1.82) is 0 Å². The number of hydrogen-bond acceptors (Lipinski definition) is 5. The topological polar surface area (TPSA) is 73.1 Å². The molecule has 7 nitrogen and oxygen atoms in total. The summed E-state index contributed by atoms with van der Waals surface area (Å²) in [6.45, 7) is 1.75. The van der Waals surface area contributed by atoms with Gasteiger partial charge in [-0.2, -0.15) is 4.80 Å². The Morgan fingerprint density at radius 3 is 2.90 bits per heavy atom. The number of tetrazole rings is 1. The Morgan fingerprint density at radius 1 is 1.40 bits per heavy atom. The predicted molar refractivity (Wildman–Crippen MR) is 70.6 cm³/mol. The highest BCUT2D eigenvalue weighted by Gasteiger charge is 2.29. The van der Waals surface area contributed by atoms with Gasteiger partial charge in [0.15, 0.2) is 0 Å². The Hall–Kier alpha value is -1.50. The van der Waals surface area contributed by atoms with E-state index in [0.717, 1.165) is 0 Å². The molecule has 1 saturated carbocycles. The van der Waals surface area contributed by atoms with Crippen LogP contribution in [-0.4, -0.2) is 50.7 Å². The average Bonchev–Trinajstić information content (AvgIpc) is 3.10. The average molecular weight is 279 g/mol. The van der Waals surface area contributed by atoms with E-state index < -0.39 is 0 Å². The first kappa shape index (κ1) is 13.5. The number of morpholine rings is 1. The molecule has 1 amide bonds. The molecule has 2 heterocycles. The largest absolute Gasteiger partial charge is 0.366 e. The zero-order chi connectivity index (χ0) is 13.9. The standard InChI is InChI=1S/C13H21N5O2/c1-17-15-13(14-16-17)11-9-18(6-7-20-11)12(19)8-10-4-2-3-5-10/h10-11H,2-9H2,1H3. The summed E-state index contributed by atoms with van der Waals surface area (Å²) in [6.07, 6.45) is 5.38. The number of nitrogens with zero attached hydrogens (tertiary/aromatic N) is 5. The first-order chi connectivity index (χ1) is 9.72. The number of carbonyl (C=O) groups excluding carboxylic acids is 1. The van der Waals surface area contributed by atoms with Crippen LogP contribution in [0.4, 0.5) is 0 Å². The summed E-state index contributed by atoms with van der Waals surface area (Å²) in [5.74, 6) is 1.39. The molecule has 0 spiro atoms. The number of ether oxygens (including phenoxy) is 1. The Labute approximate surface area is 118 Å². The summed E-state index contributed by atoms with van der Waals surface area (Å²) < 4.78 is 5.66. The van der Waals surface area contributed by atoms with Crippen molar-refractivity contribution in [2.24, 2.45) is 13.0 Å². The van der Waals surface area contributed by atoms with Crippen LogP contribution >= 0.6 is 0 Å². The second-order valence-electron chi connectivity index (χ2n) is 5.69. The summed E-state index contributed by atoms with van der Waals surface area (Å²) in [5.41, 5.74) is 0. The van der Waals surface area contributed by atoms with E-state index in [0.29, 0.717) is 37.9 Å². The van der Waals surface area contributed by atoms with Crippen LogP contribution in [0.5, 0.6) is 0 Å². The molecule has 1 aliphatic heterocycles. The van der Waals surface area contributed by atoms with Crippen LogP contribution in [0.3, 0.4) is 0 Å². The van der Waals surface area contributed by atoms with Crippen molar-refractivity contribution in [3.05, 3.63) is 5.82 Å². The normalized spacial score (nSPS) is 24.2. The highest BCUT2D eigenvalue weighted by Crippen LogP contribution is 2.29. The third kappa shape index (κ3) is 2.98. The molecule has 0 bridgehead atoms. The maximum absolute atomic E-state index is 12.3. The van der Waals surface area contributed by atoms with E-state index in [1.165, 1.54) is 30.5 Å². The zero-order valence-electron chi connectivity index (χ0n) is 11.9. The number of aryl methyl sites for hydroxylation is 1. The van der Waals surface area contributed by atoms with E-state index in [4.69, 9.17) is 4.74 Å². The summed E-state index contributed by atoms with van der Waals surface area (Å²) in [7, 11) is 1.72. The highest BCUT2D eigenvalue weighted by molar-refractivity contribution is 5.76. The zero-order valence-corrected chi connectivity index (χ0v) is 11.9. The van der Waals surface area contributed by atoms with Crippen molar-refractivity contribution in [1.82, 2.24) is 25.1 Å². The Bertz CT molecular complexity index is 469. The first-order valence-corrected chi connectivity index (χ1v) is 7.35. The maximum Gasteiger partial charge on any atom is 0.223 e. The molecule has 1 aliphatic carbocycles. The van der Waals surface area contributed by atoms with E-state index in [9.17, 15) is 4.79 Å². The molecule has 3 rings (SSSR count). The van der Waals surface area contributed by atoms with Gasteiger partial charge in [0.1, 0.15) is 6.10 Å². The first-order valence-electron chi connectivity index (χ1n) is 7.35. The van der Waals surface area contributed by atoms with Gasteiger partial charge in [-0.25, -0.2) is 0 Å². The monoisotopic (exact) mass is 279 g/mol. The molecular weight excluding hydrogens is 258 g/mol. The maximum atomic E-state index is 12.3. The van der Waals surface area contributed by atoms with Crippen molar-refractivity contribution in [2.45, 2.75) is 38.2 Å². The summed E-state index contributed by atoms with van der Waals surface area (Å²) in [4.78, 5) is 15.7. The van der Waals surface area contributed by atoms with Crippen LogP contribution in [0.2, 0.25) is 0 Å². The van der Waals surface area contributed by atoms with E-state index in [2.05, 4.69) is 15.4 Å². The molecule has 1 aromatic rings. The fourth-order valence-electron chi connectivity index (χ4n) is 3.05. The molecule has 0 radical (unpaired) electrons. The van der Waals surface area contributed by atoms with Crippen LogP contribution in [0, 0.1) is 5.92 Å². The predicted octanol–water partition coefficient (Wildman–Crippen LogP) is 0.690. The van der Waals surface area contributed by atoms with Gasteiger partial charge in [0.25, 0.3) is 0 Å². The van der Waals surface area contributed by atoms with Gasteiger partial charge in [0.2, 0.25) is 11.7 Å². The van der Waals surface area contributed by atoms with Gasteiger partial charge in [-0.15, -0.1) is 10.2 Å². The third-order valence-electron chi connectivity index (χ3n) is 4.17. The smallest absolute Gasteiger partial charge is 0.223 e. The van der Waals surface area contributed by atoms with Crippen molar-refractivity contribution < 1.29 is 9.53 Å². The van der Waals surface area contributed by atoms with E-state index >= 15 is 0 Å². The quantitative estimate of drug-likeness (QED) is 0.814. The third-order valence-corrected chi connectivity index (χ3v) is 4.17. The van der Waals surface area contributed by atoms with E-state index in [1.54, 1.807) is 7.05 Å². The molecule has 1 atom stereocenters. The fourth-order valence-corrected chi connectivity index (χ4v) is 3.05. The molecule has 1 aromatic heterocycles. The lowest BCUT2D eigenvalue weighted by Gasteiger charge is -2.32. The van der Waals surface area contributed by atoms with Gasteiger partial charge in [-0.05, 0) is 24.0 Å². The molecule has 2 fully saturated rings. The lowest BCUT2D eigenvalue weighted by Crippen LogP contribution is -2.43. The van der Waals surface area contributed by atoms with Gasteiger partial charge in [-0.3, -0.25) is 4.79 Å². The number of amides is 1. The molecule has 1 saturated heterocycles. The van der Waals surface area contributed by atoms with Crippen molar-refractivity contribution in [2.75, 3.05) is 19.7 Å². The SMILES string of the molecule is Cn1nnc(C2CN(C(=O)CC3CCCC3)CCO2)n1. The number of aromatic nitrogens is 4. The molecule has 110 valence electrons. The Morgan fingerprint density at radius 2 is 2.20 bits per heavy atom. The van der Waals surface area contributed by atoms with Crippen LogP contribution in [-0.2, 0) is 16.6 Å². The minimum atomic E-state index is -0.245. The molecule has 2 aliphatic rings.